The number of nitrogens with one attached hydrogen (secondary N) is 1. The molecule has 2 aliphatic rings. The van der Waals surface area contributed by atoms with Crippen molar-refractivity contribution in [1.82, 2.24) is 14.8 Å². The van der Waals surface area contributed by atoms with Crippen molar-refractivity contribution in [1.29, 1.82) is 0 Å². The van der Waals surface area contributed by atoms with Crippen LogP contribution in [0.4, 0.5) is 4.39 Å². The Hall–Kier alpha value is -3.15. The van der Waals surface area contributed by atoms with Crippen molar-refractivity contribution in [2.75, 3.05) is 6.54 Å². The topological polar surface area (TPSA) is 56.4 Å². The monoisotopic (exact) mass is 363 g/mol. The molecule has 0 unspecified atom stereocenters. The minimum Gasteiger partial charge on any atom is -0.357 e. The van der Waals surface area contributed by atoms with Crippen LogP contribution in [0.5, 0.6) is 0 Å². The number of piperazine rings is 1. The van der Waals surface area contributed by atoms with Crippen LogP contribution in [0.25, 0.3) is 10.9 Å². The number of aromatic nitrogens is 1. The largest absolute Gasteiger partial charge is 0.357 e. The third-order valence-corrected chi connectivity index (χ3v) is 5.53. The quantitative estimate of drug-likeness (QED) is 0.761. The zero-order chi connectivity index (χ0) is 18.5. The second-order valence-electron chi connectivity index (χ2n) is 7.19. The molecule has 27 heavy (non-hydrogen) atoms. The molecule has 0 aliphatic carbocycles. The van der Waals surface area contributed by atoms with Crippen LogP contribution in [0, 0.1) is 5.82 Å². The molecule has 2 aliphatic heterocycles. The number of para-hydroxylation sites is 1. The van der Waals surface area contributed by atoms with Crippen molar-refractivity contribution in [2.45, 2.75) is 25.6 Å². The number of carbonyl (C=O) groups is 2. The summed E-state index contributed by atoms with van der Waals surface area (Å²) in [7, 11) is 0. The molecule has 0 bridgehead atoms. The summed E-state index contributed by atoms with van der Waals surface area (Å²) in [5.74, 6) is -0.411. The van der Waals surface area contributed by atoms with Gasteiger partial charge in [-0.1, -0.05) is 30.3 Å². The van der Waals surface area contributed by atoms with Gasteiger partial charge in [-0.3, -0.25) is 9.59 Å². The maximum atomic E-state index is 13.1. The molecule has 5 rings (SSSR count). The van der Waals surface area contributed by atoms with E-state index in [1.807, 2.05) is 24.3 Å². The van der Waals surface area contributed by atoms with Crippen LogP contribution in [0.2, 0.25) is 0 Å². The Labute approximate surface area is 155 Å². The van der Waals surface area contributed by atoms with Crippen LogP contribution in [-0.4, -0.2) is 39.2 Å². The van der Waals surface area contributed by atoms with E-state index in [0.29, 0.717) is 19.5 Å². The lowest BCUT2D eigenvalue weighted by Gasteiger charge is -2.42. The van der Waals surface area contributed by atoms with Gasteiger partial charge in [-0.2, -0.15) is 0 Å². The number of carbonyl (C=O) groups excluding carboxylic acids is 2. The van der Waals surface area contributed by atoms with Gasteiger partial charge in [0.1, 0.15) is 18.4 Å². The third kappa shape index (κ3) is 2.60. The molecular weight excluding hydrogens is 345 g/mol. The zero-order valence-corrected chi connectivity index (χ0v) is 14.6. The molecule has 5 nitrogen and oxygen atoms in total. The molecule has 1 N–H and O–H groups in total. The lowest BCUT2D eigenvalue weighted by Crippen LogP contribution is -2.61. The summed E-state index contributed by atoms with van der Waals surface area (Å²) in [4.78, 5) is 32.5. The van der Waals surface area contributed by atoms with Crippen LogP contribution in [0.15, 0.2) is 48.5 Å². The van der Waals surface area contributed by atoms with Crippen molar-refractivity contribution < 1.29 is 14.0 Å². The van der Waals surface area contributed by atoms with E-state index in [1.165, 1.54) is 12.1 Å². The maximum absolute atomic E-state index is 13.1. The molecule has 0 saturated carbocycles. The molecule has 2 amide bonds. The van der Waals surface area contributed by atoms with Crippen LogP contribution in [0.3, 0.4) is 0 Å². The van der Waals surface area contributed by atoms with Gasteiger partial charge in [-0.05, 0) is 29.3 Å². The van der Waals surface area contributed by atoms with E-state index in [-0.39, 0.29) is 24.2 Å². The van der Waals surface area contributed by atoms with Gasteiger partial charge in [0.2, 0.25) is 11.8 Å². The Morgan fingerprint density at radius 1 is 1.04 bits per heavy atom. The first-order chi connectivity index (χ1) is 13.1. The van der Waals surface area contributed by atoms with E-state index in [9.17, 15) is 14.0 Å². The number of rotatable bonds is 2. The predicted octanol–water partition coefficient (Wildman–Crippen LogP) is 2.60. The molecule has 1 fully saturated rings. The fourth-order valence-corrected chi connectivity index (χ4v) is 4.18. The first kappa shape index (κ1) is 16.1. The summed E-state index contributed by atoms with van der Waals surface area (Å²) in [6, 6.07) is 13.6. The number of hydrogen-bond acceptors (Lipinski definition) is 2. The maximum Gasteiger partial charge on any atom is 0.246 e. The van der Waals surface area contributed by atoms with Crippen LogP contribution in [0.1, 0.15) is 16.8 Å². The highest BCUT2D eigenvalue weighted by atomic mass is 19.1. The SMILES string of the molecule is O=C1[C@@H]2Cc3c([nH]c4ccccc34)CN2C(=O)CN1Cc1ccc(F)cc1. The Bertz CT molecular complexity index is 1060. The average molecular weight is 363 g/mol. The van der Waals surface area contributed by atoms with Gasteiger partial charge in [-0.25, -0.2) is 4.39 Å². The van der Waals surface area contributed by atoms with Crippen LogP contribution < -0.4 is 0 Å². The van der Waals surface area contributed by atoms with Gasteiger partial charge in [0.15, 0.2) is 0 Å². The summed E-state index contributed by atoms with van der Waals surface area (Å²) < 4.78 is 13.1. The van der Waals surface area contributed by atoms with Crippen molar-refractivity contribution in [3.63, 3.8) is 0 Å². The molecule has 0 spiro atoms. The molecule has 0 radical (unpaired) electrons. The summed E-state index contributed by atoms with van der Waals surface area (Å²) in [5, 5.41) is 1.11. The lowest BCUT2D eigenvalue weighted by atomic mass is 9.93. The van der Waals surface area contributed by atoms with Crippen molar-refractivity contribution in [2.24, 2.45) is 0 Å². The van der Waals surface area contributed by atoms with Gasteiger partial charge in [0.25, 0.3) is 0 Å². The van der Waals surface area contributed by atoms with E-state index >= 15 is 0 Å². The number of halogens is 1. The zero-order valence-electron chi connectivity index (χ0n) is 14.6. The molecule has 6 heteroatoms. The molecule has 1 aromatic heterocycles. The van der Waals surface area contributed by atoms with Gasteiger partial charge in [0.05, 0.1) is 6.54 Å². The van der Waals surface area contributed by atoms with E-state index in [4.69, 9.17) is 0 Å². The fourth-order valence-electron chi connectivity index (χ4n) is 4.18. The molecule has 1 saturated heterocycles. The number of benzene rings is 2. The van der Waals surface area contributed by atoms with Gasteiger partial charge < -0.3 is 14.8 Å². The highest BCUT2D eigenvalue weighted by Gasteiger charge is 2.42. The van der Waals surface area contributed by atoms with Crippen molar-refractivity contribution >= 4 is 22.7 Å². The second kappa shape index (κ2) is 5.94. The van der Waals surface area contributed by atoms with E-state index in [2.05, 4.69) is 4.98 Å². The molecule has 3 heterocycles. The summed E-state index contributed by atoms with van der Waals surface area (Å²) in [5.41, 5.74) is 3.98. The van der Waals surface area contributed by atoms with Gasteiger partial charge in [-0.15, -0.1) is 0 Å². The standard InChI is InChI=1S/C21H18FN3O2/c22-14-7-5-13(6-8-14)10-24-12-20(26)25-11-18-16(9-19(25)21(24)27)15-3-1-2-4-17(15)23-18/h1-8,19,23H,9-12H2/t19-/m0/s1. The summed E-state index contributed by atoms with van der Waals surface area (Å²) >= 11 is 0. The minimum atomic E-state index is -0.474. The fraction of sp³-hybridized carbons (Fsp3) is 0.238. The van der Waals surface area contributed by atoms with E-state index in [0.717, 1.165) is 27.7 Å². The first-order valence-electron chi connectivity index (χ1n) is 9.01. The molecule has 2 aromatic carbocycles. The Morgan fingerprint density at radius 3 is 2.63 bits per heavy atom. The summed E-state index contributed by atoms with van der Waals surface area (Å²) in [6.07, 6.45) is 0.518. The van der Waals surface area contributed by atoms with Gasteiger partial charge >= 0.3 is 0 Å². The Morgan fingerprint density at radius 2 is 1.81 bits per heavy atom. The molecular formula is C21H18FN3O2. The highest BCUT2D eigenvalue weighted by Crippen LogP contribution is 2.32. The van der Waals surface area contributed by atoms with Crippen molar-refractivity contribution in [3.8, 4) is 0 Å². The number of amides is 2. The molecule has 3 aromatic rings. The molecule has 136 valence electrons. The van der Waals surface area contributed by atoms with Crippen LogP contribution in [-0.2, 0) is 29.1 Å². The number of H-pyrrole nitrogens is 1. The van der Waals surface area contributed by atoms with E-state index < -0.39 is 6.04 Å². The van der Waals surface area contributed by atoms with E-state index in [1.54, 1.807) is 21.9 Å². The second-order valence-corrected chi connectivity index (χ2v) is 7.19. The first-order valence-corrected chi connectivity index (χ1v) is 9.01. The average Bonchev–Trinajstić information content (AvgIpc) is 3.04. The van der Waals surface area contributed by atoms with Gasteiger partial charge in [0, 0.05) is 29.6 Å². The smallest absolute Gasteiger partial charge is 0.246 e. The lowest BCUT2D eigenvalue weighted by molar-refractivity contribution is -0.157. The third-order valence-electron chi connectivity index (χ3n) is 5.53. The normalized spacial score (nSPS) is 19.4. The molecule has 1 atom stereocenters. The Balaban J connectivity index is 1.45. The minimum absolute atomic E-state index is 0.0464. The predicted molar refractivity (Wildman–Crippen MR) is 98.2 cm³/mol. The number of fused-ring (bicyclic) bond motifs is 4. The number of nitrogens with zero attached hydrogens (tertiary/aromatic N) is 2. The number of hydrogen-bond donors (Lipinski definition) is 1. The highest BCUT2D eigenvalue weighted by molar-refractivity contribution is 5.96. The number of aromatic amines is 1. The van der Waals surface area contributed by atoms with Crippen molar-refractivity contribution in [3.05, 3.63) is 71.2 Å². The Kier molecular flexibility index (Phi) is 3.53. The summed E-state index contributed by atoms with van der Waals surface area (Å²) in [6.45, 7) is 0.807. The van der Waals surface area contributed by atoms with Crippen LogP contribution >= 0.6 is 0 Å².